The Morgan fingerprint density at radius 3 is 2.66 bits per heavy atom. The standard InChI is InChI=1S/C25H29NO6/c1-26(31-2)23(29)14-17-9-5-3-8-12-22(18-10-6-4-7-11-18)32-25(30)24-19(13-17)15-20(27)16-21(24)28/h3-4,6-8,10-11,15-17,22,27-28H,5,9,12-14H2,1-2H3/b8-3+/t17?,22-/m1/s1. The molecule has 2 N–H and O–H groups in total. The van der Waals surface area contributed by atoms with Crippen molar-refractivity contribution in [2.45, 2.75) is 38.2 Å². The topological polar surface area (TPSA) is 96.3 Å². The number of carbonyl (C=O) groups excluding carboxylic acids is 2. The lowest BCUT2D eigenvalue weighted by atomic mass is 9.88. The molecule has 0 radical (unpaired) electrons. The molecule has 1 unspecified atom stereocenters. The van der Waals surface area contributed by atoms with Crippen molar-refractivity contribution < 1.29 is 29.4 Å². The molecule has 7 nitrogen and oxygen atoms in total. The van der Waals surface area contributed by atoms with Crippen LogP contribution in [0.15, 0.2) is 54.6 Å². The Bertz CT molecular complexity index is 972. The highest BCUT2D eigenvalue weighted by Gasteiger charge is 2.26. The molecule has 0 fully saturated rings. The molecule has 0 aliphatic carbocycles. The molecule has 1 amide bonds. The van der Waals surface area contributed by atoms with Crippen LogP contribution in [0.4, 0.5) is 0 Å². The van der Waals surface area contributed by atoms with Gasteiger partial charge in [-0.3, -0.25) is 9.63 Å². The Hall–Kier alpha value is -3.32. The molecule has 0 saturated carbocycles. The molecule has 2 aromatic rings. The second-order valence-electron chi connectivity index (χ2n) is 7.94. The van der Waals surface area contributed by atoms with Crippen molar-refractivity contribution in [1.82, 2.24) is 5.06 Å². The van der Waals surface area contributed by atoms with Gasteiger partial charge in [0.05, 0.1) is 7.11 Å². The summed E-state index contributed by atoms with van der Waals surface area (Å²) in [6.45, 7) is 0. The third-order valence-corrected chi connectivity index (χ3v) is 5.66. The lowest BCUT2D eigenvalue weighted by molar-refractivity contribution is -0.169. The van der Waals surface area contributed by atoms with Crippen molar-refractivity contribution in [1.29, 1.82) is 0 Å². The molecular formula is C25H29NO6. The lowest BCUT2D eigenvalue weighted by Crippen LogP contribution is -2.28. The van der Waals surface area contributed by atoms with Crippen LogP contribution < -0.4 is 0 Å². The van der Waals surface area contributed by atoms with Crippen LogP contribution in [0.25, 0.3) is 0 Å². The number of ether oxygens (including phenoxy) is 1. The van der Waals surface area contributed by atoms with Crippen molar-refractivity contribution in [2.24, 2.45) is 5.92 Å². The van der Waals surface area contributed by atoms with Crippen molar-refractivity contribution in [2.75, 3.05) is 14.2 Å². The van der Waals surface area contributed by atoms with Gasteiger partial charge in [0, 0.05) is 26.0 Å². The summed E-state index contributed by atoms with van der Waals surface area (Å²) in [4.78, 5) is 30.5. The highest BCUT2D eigenvalue weighted by molar-refractivity contribution is 5.94. The average Bonchev–Trinajstić information content (AvgIpc) is 2.76. The normalized spacial score (nSPS) is 20.2. The van der Waals surface area contributed by atoms with E-state index in [0.29, 0.717) is 24.8 Å². The first-order valence-electron chi connectivity index (χ1n) is 10.7. The maximum Gasteiger partial charge on any atom is 0.342 e. The zero-order valence-electron chi connectivity index (χ0n) is 18.4. The highest BCUT2D eigenvalue weighted by atomic mass is 16.7. The number of carbonyl (C=O) groups is 2. The number of phenolic OH excluding ortho intramolecular Hbond substituents is 2. The summed E-state index contributed by atoms with van der Waals surface area (Å²) in [6, 6.07) is 12.0. The second-order valence-corrected chi connectivity index (χ2v) is 7.94. The lowest BCUT2D eigenvalue weighted by Gasteiger charge is -2.23. The van der Waals surface area contributed by atoms with Gasteiger partial charge in [-0.25, -0.2) is 9.86 Å². The maximum atomic E-state index is 13.1. The van der Waals surface area contributed by atoms with Crippen LogP contribution >= 0.6 is 0 Å². The molecule has 1 heterocycles. The SMILES string of the molecule is CON(C)C(=O)CC1CC/C=C/C[C@H](c2ccccc2)OC(=O)c2c(O)cc(O)cc2C1. The first-order valence-corrected chi connectivity index (χ1v) is 10.7. The summed E-state index contributed by atoms with van der Waals surface area (Å²) in [5.41, 5.74) is 1.32. The van der Waals surface area contributed by atoms with E-state index in [1.54, 1.807) is 7.05 Å². The minimum Gasteiger partial charge on any atom is -0.508 e. The molecule has 7 heteroatoms. The molecule has 170 valence electrons. The number of amides is 1. The van der Waals surface area contributed by atoms with E-state index in [1.165, 1.54) is 18.2 Å². The molecule has 3 rings (SSSR count). The van der Waals surface area contributed by atoms with Gasteiger partial charge in [0.2, 0.25) is 5.91 Å². The molecule has 0 bridgehead atoms. The van der Waals surface area contributed by atoms with E-state index >= 15 is 0 Å². The molecule has 0 spiro atoms. The zero-order valence-corrected chi connectivity index (χ0v) is 18.4. The van der Waals surface area contributed by atoms with Crippen LogP contribution in [-0.2, 0) is 20.8 Å². The van der Waals surface area contributed by atoms with Crippen LogP contribution in [0.2, 0.25) is 0 Å². The number of hydrogen-bond acceptors (Lipinski definition) is 6. The van der Waals surface area contributed by atoms with E-state index < -0.39 is 12.1 Å². The van der Waals surface area contributed by atoms with E-state index in [-0.39, 0.29) is 35.3 Å². The van der Waals surface area contributed by atoms with Crippen LogP contribution in [0.3, 0.4) is 0 Å². The van der Waals surface area contributed by atoms with Gasteiger partial charge in [-0.2, -0.15) is 0 Å². The molecule has 1 aliphatic rings. The molecule has 1 aliphatic heterocycles. The summed E-state index contributed by atoms with van der Waals surface area (Å²) in [6.07, 6.45) is 5.95. The number of aromatic hydroxyl groups is 2. The first-order chi connectivity index (χ1) is 15.4. The molecule has 32 heavy (non-hydrogen) atoms. The number of benzene rings is 2. The summed E-state index contributed by atoms with van der Waals surface area (Å²) in [5, 5.41) is 21.7. The number of phenols is 2. The van der Waals surface area contributed by atoms with E-state index in [4.69, 9.17) is 9.57 Å². The van der Waals surface area contributed by atoms with E-state index in [2.05, 4.69) is 0 Å². The van der Waals surface area contributed by atoms with Gasteiger partial charge in [0.1, 0.15) is 23.2 Å². The maximum absolute atomic E-state index is 13.1. The Balaban J connectivity index is 1.96. The zero-order chi connectivity index (χ0) is 23.1. The summed E-state index contributed by atoms with van der Waals surface area (Å²) in [7, 11) is 2.97. The number of nitrogens with zero attached hydrogens (tertiary/aromatic N) is 1. The predicted molar refractivity (Wildman–Crippen MR) is 119 cm³/mol. The summed E-state index contributed by atoms with van der Waals surface area (Å²) < 4.78 is 5.80. The fourth-order valence-electron chi connectivity index (χ4n) is 3.91. The quantitative estimate of drug-likeness (QED) is 0.419. The Morgan fingerprint density at radius 2 is 1.94 bits per heavy atom. The molecular weight excluding hydrogens is 410 g/mol. The third-order valence-electron chi connectivity index (χ3n) is 5.66. The van der Waals surface area contributed by atoms with Gasteiger partial charge >= 0.3 is 5.97 Å². The van der Waals surface area contributed by atoms with Crippen LogP contribution in [0.5, 0.6) is 11.5 Å². The van der Waals surface area contributed by atoms with Crippen molar-refractivity contribution in [3.8, 4) is 11.5 Å². The minimum atomic E-state index is -0.667. The number of esters is 1. The molecule has 2 atom stereocenters. The minimum absolute atomic E-state index is 0.0193. The van der Waals surface area contributed by atoms with Crippen molar-refractivity contribution in [3.63, 3.8) is 0 Å². The predicted octanol–water partition coefficient (Wildman–Crippen LogP) is 4.30. The third kappa shape index (κ3) is 5.88. The van der Waals surface area contributed by atoms with Gasteiger partial charge in [-0.1, -0.05) is 42.5 Å². The fraction of sp³-hybridized carbons (Fsp3) is 0.360. The van der Waals surface area contributed by atoms with E-state index in [0.717, 1.165) is 18.1 Å². The monoisotopic (exact) mass is 439 g/mol. The van der Waals surface area contributed by atoms with Gasteiger partial charge in [0.15, 0.2) is 0 Å². The first kappa shape index (κ1) is 23.3. The number of rotatable bonds is 4. The van der Waals surface area contributed by atoms with Gasteiger partial charge < -0.3 is 14.9 Å². The van der Waals surface area contributed by atoms with Gasteiger partial charge in [0.25, 0.3) is 0 Å². The molecule has 2 aromatic carbocycles. The number of fused-ring (bicyclic) bond motifs is 1. The van der Waals surface area contributed by atoms with Gasteiger partial charge in [-0.05, 0) is 42.4 Å². The van der Waals surface area contributed by atoms with E-state index in [9.17, 15) is 19.8 Å². The smallest absolute Gasteiger partial charge is 0.342 e. The Labute approximate surface area is 187 Å². The van der Waals surface area contributed by atoms with Crippen molar-refractivity contribution >= 4 is 11.9 Å². The van der Waals surface area contributed by atoms with E-state index in [1.807, 2.05) is 42.5 Å². The van der Waals surface area contributed by atoms with Crippen LogP contribution in [0.1, 0.15) is 53.3 Å². The highest BCUT2D eigenvalue weighted by Crippen LogP contribution is 2.34. The molecule has 0 saturated heterocycles. The Kier molecular flexibility index (Phi) is 7.89. The fourth-order valence-corrected chi connectivity index (χ4v) is 3.91. The van der Waals surface area contributed by atoms with Crippen LogP contribution in [0, 0.1) is 5.92 Å². The largest absolute Gasteiger partial charge is 0.508 e. The number of hydrogen-bond donors (Lipinski definition) is 2. The van der Waals surface area contributed by atoms with Crippen molar-refractivity contribution in [3.05, 3.63) is 71.3 Å². The Morgan fingerprint density at radius 1 is 1.19 bits per heavy atom. The number of allylic oxidation sites excluding steroid dienone is 1. The average molecular weight is 440 g/mol. The summed E-state index contributed by atoms with van der Waals surface area (Å²) >= 11 is 0. The number of cyclic esters (lactones) is 1. The molecule has 0 aromatic heterocycles. The number of hydroxylamine groups is 2. The van der Waals surface area contributed by atoms with Crippen LogP contribution in [-0.4, -0.2) is 41.3 Å². The second kappa shape index (κ2) is 10.8. The summed E-state index contributed by atoms with van der Waals surface area (Å²) in [5.74, 6) is -1.48. The van der Waals surface area contributed by atoms with Gasteiger partial charge in [-0.15, -0.1) is 0 Å².